The van der Waals surface area contributed by atoms with Gasteiger partial charge in [0.15, 0.2) is 0 Å². The largest absolute Gasteiger partial charge is 0.496 e. The summed E-state index contributed by atoms with van der Waals surface area (Å²) in [5, 5.41) is 4.15. The van der Waals surface area contributed by atoms with Crippen molar-refractivity contribution in [3.05, 3.63) is 72.1 Å². The number of benzene rings is 2. The topological polar surface area (TPSA) is 65.4 Å². The molecule has 0 atom stereocenters. The fraction of sp³-hybridized carbons (Fsp3) is 0.158. The van der Waals surface area contributed by atoms with Crippen molar-refractivity contribution in [1.29, 1.82) is 0 Å². The van der Waals surface area contributed by atoms with Gasteiger partial charge in [0.2, 0.25) is 0 Å². The quantitative estimate of drug-likeness (QED) is 0.575. The highest BCUT2D eigenvalue weighted by Gasteiger charge is 2.14. The highest BCUT2D eigenvalue weighted by Crippen LogP contribution is 2.29. The molecule has 9 heteroatoms. The molecule has 0 aliphatic carbocycles. The number of carbonyl (C=O) groups excluding carboxylic acids is 1. The summed E-state index contributed by atoms with van der Waals surface area (Å²) in [6.07, 6.45) is 3.51. The van der Waals surface area contributed by atoms with Crippen LogP contribution in [0.5, 0.6) is 11.5 Å². The number of para-hydroxylation sites is 1. The van der Waals surface area contributed by atoms with Gasteiger partial charge in [0, 0.05) is 23.5 Å². The summed E-state index contributed by atoms with van der Waals surface area (Å²) in [4.78, 5) is 12.8. The molecule has 0 spiro atoms. The van der Waals surface area contributed by atoms with Gasteiger partial charge in [-0.15, -0.1) is 0 Å². The predicted molar refractivity (Wildman–Crippen MR) is 101 cm³/mol. The molecule has 1 N–H and O–H groups in total. The van der Waals surface area contributed by atoms with Crippen LogP contribution in [0.25, 0.3) is 0 Å². The van der Waals surface area contributed by atoms with Crippen LogP contribution >= 0.6 is 11.9 Å². The average Bonchev–Trinajstić information content (AvgIpc) is 3.20. The summed E-state index contributed by atoms with van der Waals surface area (Å²) in [7, 11) is 1.52. The highest BCUT2D eigenvalue weighted by atomic mass is 32.2. The molecule has 6 nitrogen and oxygen atoms in total. The van der Waals surface area contributed by atoms with E-state index in [0.29, 0.717) is 22.8 Å². The van der Waals surface area contributed by atoms with Crippen LogP contribution in [0.2, 0.25) is 0 Å². The molecule has 146 valence electrons. The molecule has 0 aliphatic heterocycles. The average molecular weight is 405 g/mol. The molecule has 0 aliphatic rings. The van der Waals surface area contributed by atoms with Crippen molar-refractivity contribution in [2.24, 2.45) is 0 Å². The fourth-order valence-electron chi connectivity index (χ4n) is 2.47. The maximum absolute atomic E-state index is 12.5. The fourth-order valence-corrected chi connectivity index (χ4v) is 3.16. The minimum atomic E-state index is -2.94. The number of nitrogens with one attached hydrogen (secondary N) is 1. The SMILES string of the molecule is COc1cc(C(=O)NSc2ccccc2OC(F)F)ccc1Cn1cccn1. The summed E-state index contributed by atoms with van der Waals surface area (Å²) < 4.78 is 39.2. The van der Waals surface area contributed by atoms with E-state index in [-0.39, 0.29) is 11.7 Å². The van der Waals surface area contributed by atoms with E-state index in [0.717, 1.165) is 17.5 Å². The standard InChI is InChI=1S/C19H17F2N3O3S/c1-26-16-11-13(7-8-14(16)12-24-10-4-9-22-24)18(25)23-28-17-6-3-2-5-15(17)27-19(20)21/h2-11,19H,12H2,1H3,(H,23,25). The lowest BCUT2D eigenvalue weighted by molar-refractivity contribution is -0.0516. The van der Waals surface area contributed by atoms with Crippen LogP contribution < -0.4 is 14.2 Å². The Balaban J connectivity index is 1.69. The van der Waals surface area contributed by atoms with Crippen LogP contribution in [0, 0.1) is 0 Å². The Bertz CT molecular complexity index is 936. The second-order valence-corrected chi connectivity index (χ2v) is 6.44. The van der Waals surface area contributed by atoms with Gasteiger partial charge in [0.05, 0.1) is 18.6 Å². The molecule has 0 fully saturated rings. The van der Waals surface area contributed by atoms with E-state index in [4.69, 9.17) is 4.74 Å². The molecular weight excluding hydrogens is 388 g/mol. The second-order valence-electron chi connectivity index (χ2n) is 5.59. The van der Waals surface area contributed by atoms with Crippen molar-refractivity contribution in [2.75, 3.05) is 7.11 Å². The van der Waals surface area contributed by atoms with Gasteiger partial charge in [0.1, 0.15) is 11.5 Å². The second kappa shape index (κ2) is 9.23. The molecule has 28 heavy (non-hydrogen) atoms. The van der Waals surface area contributed by atoms with Crippen LogP contribution in [0.3, 0.4) is 0 Å². The summed E-state index contributed by atoms with van der Waals surface area (Å²) >= 11 is 0.901. The van der Waals surface area contributed by atoms with Gasteiger partial charge in [-0.3, -0.25) is 14.2 Å². The third kappa shape index (κ3) is 5.01. The minimum absolute atomic E-state index is 0.00467. The Kier molecular flexibility index (Phi) is 6.49. The number of amides is 1. The summed E-state index contributed by atoms with van der Waals surface area (Å²) in [5.74, 6) is 0.158. The zero-order valence-corrected chi connectivity index (χ0v) is 15.7. The molecule has 0 saturated heterocycles. The molecule has 0 radical (unpaired) electrons. The van der Waals surface area contributed by atoms with Gasteiger partial charge >= 0.3 is 6.61 Å². The van der Waals surface area contributed by atoms with E-state index < -0.39 is 6.61 Å². The number of ether oxygens (including phenoxy) is 2. The molecule has 0 bridgehead atoms. The van der Waals surface area contributed by atoms with Crippen molar-refractivity contribution in [2.45, 2.75) is 18.1 Å². The Hall–Kier alpha value is -3.07. The Morgan fingerprint density at radius 1 is 1.21 bits per heavy atom. The first-order chi connectivity index (χ1) is 13.6. The number of alkyl halides is 2. The normalized spacial score (nSPS) is 10.7. The molecule has 3 aromatic rings. The molecular formula is C19H17F2N3O3S. The van der Waals surface area contributed by atoms with Crippen molar-refractivity contribution >= 4 is 17.9 Å². The Morgan fingerprint density at radius 2 is 2.04 bits per heavy atom. The van der Waals surface area contributed by atoms with E-state index in [1.54, 1.807) is 47.3 Å². The van der Waals surface area contributed by atoms with Crippen LogP contribution in [-0.4, -0.2) is 29.4 Å². The van der Waals surface area contributed by atoms with Gasteiger partial charge in [-0.25, -0.2) is 0 Å². The number of nitrogens with zero attached hydrogens (tertiary/aromatic N) is 2. The predicted octanol–water partition coefficient (Wildman–Crippen LogP) is 3.98. The monoisotopic (exact) mass is 405 g/mol. The van der Waals surface area contributed by atoms with Crippen LogP contribution in [-0.2, 0) is 6.54 Å². The first-order valence-corrected chi connectivity index (χ1v) is 9.04. The first kappa shape index (κ1) is 19.7. The Labute approximate surface area is 164 Å². The van der Waals surface area contributed by atoms with E-state index in [1.165, 1.54) is 13.2 Å². The summed E-state index contributed by atoms with van der Waals surface area (Å²) in [6.45, 7) is -2.44. The lowest BCUT2D eigenvalue weighted by atomic mass is 10.1. The third-order valence-electron chi connectivity index (χ3n) is 3.76. The minimum Gasteiger partial charge on any atom is -0.496 e. The van der Waals surface area contributed by atoms with Gasteiger partial charge < -0.3 is 9.47 Å². The molecule has 0 unspecified atom stereocenters. The number of halogens is 2. The lowest BCUT2D eigenvalue weighted by Crippen LogP contribution is -2.16. The van der Waals surface area contributed by atoms with Crippen molar-refractivity contribution in [3.63, 3.8) is 0 Å². The van der Waals surface area contributed by atoms with Gasteiger partial charge in [0.25, 0.3) is 5.91 Å². The van der Waals surface area contributed by atoms with Crippen LogP contribution in [0.4, 0.5) is 8.78 Å². The number of hydrogen-bond donors (Lipinski definition) is 1. The maximum atomic E-state index is 12.5. The van der Waals surface area contributed by atoms with Crippen LogP contribution in [0.1, 0.15) is 15.9 Å². The number of methoxy groups -OCH3 is 1. The van der Waals surface area contributed by atoms with Crippen molar-refractivity contribution in [1.82, 2.24) is 14.5 Å². The smallest absolute Gasteiger partial charge is 0.387 e. The number of hydrogen-bond acceptors (Lipinski definition) is 5. The van der Waals surface area contributed by atoms with E-state index in [9.17, 15) is 13.6 Å². The Morgan fingerprint density at radius 3 is 2.75 bits per heavy atom. The molecule has 1 heterocycles. The van der Waals surface area contributed by atoms with Gasteiger partial charge in [-0.1, -0.05) is 18.2 Å². The molecule has 1 amide bonds. The van der Waals surface area contributed by atoms with Gasteiger partial charge in [-0.05, 0) is 42.3 Å². The maximum Gasteiger partial charge on any atom is 0.387 e. The summed E-state index contributed by atoms with van der Waals surface area (Å²) in [6, 6.07) is 13.1. The van der Waals surface area contributed by atoms with Gasteiger partial charge in [-0.2, -0.15) is 13.9 Å². The third-order valence-corrected chi connectivity index (χ3v) is 4.60. The number of carbonyl (C=O) groups is 1. The molecule has 2 aromatic carbocycles. The number of rotatable bonds is 8. The molecule has 3 rings (SSSR count). The van der Waals surface area contributed by atoms with E-state index in [2.05, 4.69) is 14.6 Å². The van der Waals surface area contributed by atoms with Crippen molar-refractivity contribution in [3.8, 4) is 11.5 Å². The number of aromatic nitrogens is 2. The molecule has 1 aromatic heterocycles. The zero-order chi connectivity index (χ0) is 19.9. The lowest BCUT2D eigenvalue weighted by Gasteiger charge is -2.12. The first-order valence-electron chi connectivity index (χ1n) is 8.22. The van der Waals surface area contributed by atoms with E-state index in [1.807, 2.05) is 12.3 Å². The summed E-state index contributed by atoms with van der Waals surface area (Å²) in [5.41, 5.74) is 1.24. The van der Waals surface area contributed by atoms with E-state index >= 15 is 0 Å². The van der Waals surface area contributed by atoms with Crippen LogP contribution in [0.15, 0.2) is 65.8 Å². The zero-order valence-electron chi connectivity index (χ0n) is 14.8. The molecule has 0 saturated carbocycles. The van der Waals surface area contributed by atoms with Crippen molar-refractivity contribution < 1.29 is 23.0 Å². The highest BCUT2D eigenvalue weighted by molar-refractivity contribution is 7.98.